The lowest BCUT2D eigenvalue weighted by Gasteiger charge is -2.18. The molecule has 0 aliphatic heterocycles. The lowest BCUT2D eigenvalue weighted by Crippen LogP contribution is -2.24. The van der Waals surface area contributed by atoms with E-state index in [1.54, 1.807) is 24.3 Å². The van der Waals surface area contributed by atoms with E-state index in [0.29, 0.717) is 18.8 Å². The highest BCUT2D eigenvalue weighted by atomic mass is 16.5. The number of unbranched alkanes of at least 4 members (excludes halogenated alkanes) is 2. The van der Waals surface area contributed by atoms with Gasteiger partial charge in [-0.15, -0.1) is 0 Å². The maximum absolute atomic E-state index is 11.0. The molecule has 0 amide bonds. The molecular weight excluding hydrogens is 590 g/mol. The van der Waals surface area contributed by atoms with Gasteiger partial charge in [0.2, 0.25) is 0 Å². The van der Waals surface area contributed by atoms with E-state index in [2.05, 4.69) is 28.8 Å². The van der Waals surface area contributed by atoms with Gasteiger partial charge >= 0.3 is 0 Å². The molecule has 2 atom stereocenters. The number of phenols is 2. The first-order valence-corrected chi connectivity index (χ1v) is 15.6. The summed E-state index contributed by atoms with van der Waals surface area (Å²) in [6, 6.07) is 18.7. The van der Waals surface area contributed by atoms with Crippen molar-refractivity contribution in [2.24, 2.45) is 0 Å². The largest absolute Gasteiger partial charge is 0.507 e. The molecule has 4 rings (SSSR count). The Hall–Kier alpha value is -4.29. The number of aromatic nitrogens is 3. The Morgan fingerprint density at radius 1 is 0.565 bits per heavy atom. The van der Waals surface area contributed by atoms with Crippen LogP contribution in [0.2, 0.25) is 0 Å². The highest BCUT2D eigenvalue weighted by Crippen LogP contribution is 2.40. The van der Waals surface area contributed by atoms with Gasteiger partial charge in [-0.05, 0) is 37.1 Å². The van der Waals surface area contributed by atoms with Crippen LogP contribution >= 0.6 is 0 Å². The average Bonchev–Trinajstić information content (AvgIpc) is 3.07. The Morgan fingerprint density at radius 3 is 1.48 bits per heavy atom. The summed E-state index contributed by atoms with van der Waals surface area (Å²) in [6.45, 7) is 5.25. The monoisotopic (exact) mass is 633 g/mol. The summed E-state index contributed by atoms with van der Waals surface area (Å²) in [5, 5.41) is 42.9. The van der Waals surface area contributed by atoms with E-state index >= 15 is 0 Å². The van der Waals surface area contributed by atoms with Gasteiger partial charge in [-0.1, -0.05) is 69.2 Å². The van der Waals surface area contributed by atoms with Gasteiger partial charge in [0, 0.05) is 18.8 Å². The van der Waals surface area contributed by atoms with E-state index in [-0.39, 0.29) is 78.0 Å². The van der Waals surface area contributed by atoms with Crippen LogP contribution in [0.4, 0.5) is 0 Å². The quantitative estimate of drug-likeness (QED) is 0.0981. The number of aliphatic hydroxyl groups excluding tert-OH is 2. The van der Waals surface area contributed by atoms with Gasteiger partial charge in [-0.3, -0.25) is 0 Å². The van der Waals surface area contributed by atoms with Crippen molar-refractivity contribution in [3.63, 3.8) is 0 Å². The molecule has 4 aromatic rings. The fourth-order valence-electron chi connectivity index (χ4n) is 4.44. The molecule has 0 aliphatic carbocycles. The van der Waals surface area contributed by atoms with Gasteiger partial charge in [-0.2, -0.15) is 0 Å². The van der Waals surface area contributed by atoms with Crippen LogP contribution in [0.25, 0.3) is 34.2 Å². The average molecular weight is 634 g/mol. The third-order valence-electron chi connectivity index (χ3n) is 6.89. The SMILES string of the molecule is CCCCOCC(O)COc1cccc(O)c1-c1nc(-c2ccccc2)nc(-c2c(O)cccc2OCC(O)COCCCC)n1. The van der Waals surface area contributed by atoms with Gasteiger partial charge in [0.1, 0.15) is 59.5 Å². The fourth-order valence-corrected chi connectivity index (χ4v) is 4.44. The van der Waals surface area contributed by atoms with Crippen LogP contribution in [-0.4, -0.2) is 87.2 Å². The molecule has 0 saturated carbocycles. The number of aliphatic hydroxyl groups is 2. The van der Waals surface area contributed by atoms with Gasteiger partial charge in [0.25, 0.3) is 0 Å². The summed E-state index contributed by atoms with van der Waals surface area (Å²) in [6.07, 6.45) is 1.98. The van der Waals surface area contributed by atoms with Crippen LogP contribution in [0.5, 0.6) is 23.0 Å². The Balaban J connectivity index is 1.69. The first kappa shape index (κ1) is 34.6. The van der Waals surface area contributed by atoms with Gasteiger partial charge < -0.3 is 39.4 Å². The first-order valence-electron chi connectivity index (χ1n) is 15.6. The molecule has 0 radical (unpaired) electrons. The summed E-state index contributed by atoms with van der Waals surface area (Å²) in [5.74, 6) is 0.600. The molecule has 3 aromatic carbocycles. The molecule has 0 fully saturated rings. The second-order valence-electron chi connectivity index (χ2n) is 10.8. The van der Waals surface area contributed by atoms with Gasteiger partial charge in [0.05, 0.1) is 13.2 Å². The Morgan fingerprint density at radius 2 is 1.02 bits per heavy atom. The second-order valence-corrected chi connectivity index (χ2v) is 10.8. The summed E-state index contributed by atoms with van der Waals surface area (Å²) < 4.78 is 22.9. The topological polar surface area (TPSA) is 157 Å². The van der Waals surface area contributed by atoms with Crippen molar-refractivity contribution in [2.75, 3.05) is 39.6 Å². The minimum Gasteiger partial charge on any atom is -0.507 e. The summed E-state index contributed by atoms with van der Waals surface area (Å²) in [5.41, 5.74) is 1.03. The van der Waals surface area contributed by atoms with Crippen molar-refractivity contribution in [1.29, 1.82) is 0 Å². The van der Waals surface area contributed by atoms with E-state index < -0.39 is 12.2 Å². The number of nitrogens with zero attached hydrogens (tertiary/aromatic N) is 3. The molecule has 46 heavy (non-hydrogen) atoms. The number of hydrogen-bond donors (Lipinski definition) is 4. The van der Waals surface area contributed by atoms with Crippen LogP contribution in [0.3, 0.4) is 0 Å². The Labute approximate surface area is 269 Å². The fraction of sp³-hybridized carbons (Fsp3) is 0.400. The van der Waals surface area contributed by atoms with E-state index in [0.717, 1.165) is 25.7 Å². The molecule has 1 heterocycles. The second kappa shape index (κ2) is 18.0. The van der Waals surface area contributed by atoms with Crippen molar-refractivity contribution >= 4 is 0 Å². The molecule has 0 bridgehead atoms. The zero-order valence-electron chi connectivity index (χ0n) is 26.3. The van der Waals surface area contributed by atoms with Crippen LogP contribution in [0.1, 0.15) is 39.5 Å². The molecule has 4 N–H and O–H groups in total. The van der Waals surface area contributed by atoms with Crippen molar-refractivity contribution in [2.45, 2.75) is 51.7 Å². The normalized spacial score (nSPS) is 12.5. The van der Waals surface area contributed by atoms with E-state index in [9.17, 15) is 20.4 Å². The zero-order valence-corrected chi connectivity index (χ0v) is 26.3. The number of benzene rings is 3. The van der Waals surface area contributed by atoms with Crippen LogP contribution in [0, 0.1) is 0 Å². The molecule has 11 heteroatoms. The molecular formula is C35H43N3O8. The van der Waals surface area contributed by atoms with Crippen LogP contribution in [-0.2, 0) is 9.47 Å². The minimum atomic E-state index is -0.894. The molecule has 1 aromatic heterocycles. The zero-order chi connectivity index (χ0) is 32.7. The van der Waals surface area contributed by atoms with E-state index in [4.69, 9.17) is 18.9 Å². The third-order valence-corrected chi connectivity index (χ3v) is 6.89. The lowest BCUT2D eigenvalue weighted by molar-refractivity contribution is 0.0114. The van der Waals surface area contributed by atoms with Crippen LogP contribution < -0.4 is 9.47 Å². The van der Waals surface area contributed by atoms with Crippen LogP contribution in [0.15, 0.2) is 66.7 Å². The molecule has 246 valence electrons. The van der Waals surface area contributed by atoms with Gasteiger partial charge in [0.15, 0.2) is 17.5 Å². The summed E-state index contributed by atoms with van der Waals surface area (Å²) in [4.78, 5) is 14.0. The lowest BCUT2D eigenvalue weighted by atomic mass is 10.1. The molecule has 0 spiro atoms. The Bertz CT molecular complexity index is 1420. The minimum absolute atomic E-state index is 0.0733. The predicted molar refractivity (Wildman–Crippen MR) is 174 cm³/mol. The molecule has 0 saturated heterocycles. The maximum atomic E-state index is 11.0. The molecule has 0 aliphatic rings. The smallest absolute Gasteiger partial charge is 0.171 e. The highest BCUT2D eigenvalue weighted by Gasteiger charge is 2.23. The highest BCUT2D eigenvalue weighted by molar-refractivity contribution is 5.77. The Kier molecular flexibility index (Phi) is 13.5. The number of rotatable bonds is 19. The predicted octanol–water partition coefficient (Wildman–Crippen LogP) is 5.40. The standard InChI is InChI=1S/C35H43N3O8/c1-3-5-18-43-20-25(39)22-45-29-16-10-14-27(41)31(29)34-36-33(24-12-8-7-9-13-24)37-35(38-34)32-28(42)15-11-17-30(32)46-23-26(40)21-44-19-6-4-2/h7-17,25-26,39-42H,3-6,18-23H2,1-2H3. The number of aromatic hydroxyl groups is 2. The molecule has 2 unspecified atom stereocenters. The van der Waals surface area contributed by atoms with E-state index in [1.807, 2.05) is 30.3 Å². The number of phenolic OH excluding ortho intramolecular Hbond substituents is 2. The van der Waals surface area contributed by atoms with Gasteiger partial charge in [-0.25, -0.2) is 15.0 Å². The first-order chi connectivity index (χ1) is 22.4. The molecule has 11 nitrogen and oxygen atoms in total. The van der Waals surface area contributed by atoms with Crippen molar-refractivity contribution in [3.05, 3.63) is 66.7 Å². The van der Waals surface area contributed by atoms with Crippen molar-refractivity contribution < 1.29 is 39.4 Å². The summed E-state index contributed by atoms with van der Waals surface area (Å²) in [7, 11) is 0. The van der Waals surface area contributed by atoms with Crippen molar-refractivity contribution in [1.82, 2.24) is 15.0 Å². The summed E-state index contributed by atoms with van der Waals surface area (Å²) >= 11 is 0. The third kappa shape index (κ3) is 9.85. The maximum Gasteiger partial charge on any atom is 0.171 e. The van der Waals surface area contributed by atoms with Crippen molar-refractivity contribution in [3.8, 4) is 57.2 Å². The van der Waals surface area contributed by atoms with E-state index in [1.165, 1.54) is 12.1 Å². The number of ether oxygens (including phenoxy) is 4. The number of hydrogen-bond acceptors (Lipinski definition) is 11.